The molecule has 0 saturated carbocycles. The highest BCUT2D eigenvalue weighted by Gasteiger charge is 2.09. The number of hydrogen-bond acceptors (Lipinski definition) is 3. The number of hydrogen-bond donors (Lipinski definition) is 1. The van der Waals surface area contributed by atoms with E-state index >= 15 is 0 Å². The Balaban J connectivity index is 2.52. The molecule has 4 heteroatoms. The minimum absolute atomic E-state index is 0.0433. The van der Waals surface area contributed by atoms with E-state index in [1.165, 1.54) is 0 Å². The Labute approximate surface area is 88.8 Å². The van der Waals surface area contributed by atoms with Crippen molar-refractivity contribution in [2.75, 3.05) is 0 Å². The first-order chi connectivity index (χ1) is 7.18. The van der Waals surface area contributed by atoms with E-state index in [0.717, 1.165) is 16.9 Å². The number of nitrogens with zero attached hydrogens (tertiary/aromatic N) is 3. The van der Waals surface area contributed by atoms with Crippen LogP contribution in [0.3, 0.4) is 0 Å². The molecule has 2 aromatic heterocycles. The molecule has 0 aromatic carbocycles. The first-order valence-electron chi connectivity index (χ1n) is 4.90. The lowest BCUT2D eigenvalue weighted by molar-refractivity contribution is 0.761. The van der Waals surface area contributed by atoms with Crippen LogP contribution < -0.4 is 5.73 Å². The van der Waals surface area contributed by atoms with Crippen LogP contribution in [0.2, 0.25) is 0 Å². The molecule has 0 bridgehead atoms. The van der Waals surface area contributed by atoms with Gasteiger partial charge in [-0.1, -0.05) is 6.07 Å². The second-order valence-electron chi connectivity index (χ2n) is 3.67. The van der Waals surface area contributed by atoms with Crippen molar-refractivity contribution in [1.29, 1.82) is 0 Å². The summed E-state index contributed by atoms with van der Waals surface area (Å²) in [4.78, 5) is 4.30. The molecule has 0 aliphatic rings. The Morgan fingerprint density at radius 1 is 1.47 bits per heavy atom. The zero-order valence-electron chi connectivity index (χ0n) is 8.88. The van der Waals surface area contributed by atoms with Crippen LogP contribution in [-0.2, 0) is 0 Å². The van der Waals surface area contributed by atoms with E-state index in [9.17, 15) is 0 Å². The highest BCUT2D eigenvalue weighted by Crippen LogP contribution is 2.16. The Hall–Kier alpha value is -1.68. The average molecular weight is 202 g/mol. The van der Waals surface area contributed by atoms with E-state index in [1.807, 2.05) is 32.2 Å². The molecule has 1 unspecified atom stereocenters. The first-order valence-corrected chi connectivity index (χ1v) is 4.90. The quantitative estimate of drug-likeness (QED) is 0.804. The van der Waals surface area contributed by atoms with Gasteiger partial charge in [0.1, 0.15) is 0 Å². The van der Waals surface area contributed by atoms with Crippen LogP contribution in [0.15, 0.2) is 30.7 Å². The molecule has 0 spiro atoms. The zero-order valence-corrected chi connectivity index (χ0v) is 8.88. The van der Waals surface area contributed by atoms with E-state index in [4.69, 9.17) is 5.73 Å². The first kappa shape index (κ1) is 9.86. The van der Waals surface area contributed by atoms with Gasteiger partial charge in [0.2, 0.25) is 0 Å². The summed E-state index contributed by atoms with van der Waals surface area (Å²) in [6.07, 6.45) is 5.49. The topological polar surface area (TPSA) is 56.7 Å². The number of aryl methyl sites for hydroxylation is 1. The normalized spacial score (nSPS) is 12.7. The van der Waals surface area contributed by atoms with Gasteiger partial charge >= 0.3 is 0 Å². The molecular weight excluding hydrogens is 188 g/mol. The van der Waals surface area contributed by atoms with Crippen molar-refractivity contribution < 1.29 is 0 Å². The van der Waals surface area contributed by atoms with Crippen LogP contribution in [0, 0.1) is 6.92 Å². The summed E-state index contributed by atoms with van der Waals surface area (Å²) in [6.45, 7) is 3.94. The Kier molecular flexibility index (Phi) is 2.51. The number of nitrogens with two attached hydrogens (primary N) is 1. The lowest BCUT2D eigenvalue weighted by Gasteiger charge is -2.10. The van der Waals surface area contributed by atoms with Gasteiger partial charge in [-0.3, -0.25) is 0 Å². The summed E-state index contributed by atoms with van der Waals surface area (Å²) in [5, 5.41) is 4.23. The summed E-state index contributed by atoms with van der Waals surface area (Å²) in [5.41, 5.74) is 7.99. The molecule has 2 rings (SSSR count). The molecule has 0 saturated heterocycles. The van der Waals surface area contributed by atoms with Gasteiger partial charge in [-0.2, -0.15) is 5.10 Å². The Bertz CT molecular complexity index is 459. The van der Waals surface area contributed by atoms with Crippen LogP contribution in [0.25, 0.3) is 5.82 Å². The minimum Gasteiger partial charge on any atom is -0.324 e. The van der Waals surface area contributed by atoms with Crippen LogP contribution >= 0.6 is 0 Å². The third-order valence-electron chi connectivity index (χ3n) is 2.24. The van der Waals surface area contributed by atoms with Gasteiger partial charge in [0.05, 0.1) is 6.20 Å². The standard InChI is InChI=1S/C11H14N4/c1-8-6-14-15(7-8)11-10(9(2)12)4-3-5-13-11/h3-7,9H,12H2,1-2H3. The molecule has 15 heavy (non-hydrogen) atoms. The van der Waals surface area contributed by atoms with Crippen molar-refractivity contribution in [3.63, 3.8) is 0 Å². The van der Waals surface area contributed by atoms with E-state index in [-0.39, 0.29) is 6.04 Å². The van der Waals surface area contributed by atoms with Gasteiger partial charge in [0.15, 0.2) is 5.82 Å². The van der Waals surface area contributed by atoms with E-state index in [0.29, 0.717) is 0 Å². The van der Waals surface area contributed by atoms with Crippen LogP contribution in [0.1, 0.15) is 24.1 Å². The SMILES string of the molecule is Cc1cnn(-c2ncccc2C(C)N)c1. The van der Waals surface area contributed by atoms with Crippen molar-refractivity contribution in [2.24, 2.45) is 5.73 Å². The minimum atomic E-state index is -0.0433. The molecule has 2 heterocycles. The molecule has 0 aliphatic carbocycles. The van der Waals surface area contributed by atoms with Gasteiger partial charge in [0, 0.05) is 24.0 Å². The second kappa shape index (κ2) is 3.82. The molecule has 2 N–H and O–H groups in total. The summed E-state index contributed by atoms with van der Waals surface area (Å²) in [6, 6.07) is 3.82. The molecule has 78 valence electrons. The maximum absolute atomic E-state index is 5.88. The Morgan fingerprint density at radius 3 is 2.87 bits per heavy atom. The lowest BCUT2D eigenvalue weighted by Crippen LogP contribution is -2.11. The van der Waals surface area contributed by atoms with Gasteiger partial charge in [-0.25, -0.2) is 9.67 Å². The maximum atomic E-state index is 5.88. The number of pyridine rings is 1. The van der Waals surface area contributed by atoms with E-state index in [1.54, 1.807) is 17.1 Å². The summed E-state index contributed by atoms with van der Waals surface area (Å²) >= 11 is 0. The van der Waals surface area contributed by atoms with Crippen molar-refractivity contribution >= 4 is 0 Å². The lowest BCUT2D eigenvalue weighted by atomic mass is 10.1. The highest BCUT2D eigenvalue weighted by molar-refractivity contribution is 5.35. The van der Waals surface area contributed by atoms with E-state index < -0.39 is 0 Å². The molecule has 0 fully saturated rings. The Morgan fingerprint density at radius 2 is 2.27 bits per heavy atom. The van der Waals surface area contributed by atoms with Crippen LogP contribution in [0.5, 0.6) is 0 Å². The predicted molar refractivity (Wildman–Crippen MR) is 58.7 cm³/mol. The molecule has 0 amide bonds. The van der Waals surface area contributed by atoms with Gasteiger partial charge in [0.25, 0.3) is 0 Å². The van der Waals surface area contributed by atoms with Crippen LogP contribution in [0.4, 0.5) is 0 Å². The third-order valence-corrected chi connectivity index (χ3v) is 2.24. The van der Waals surface area contributed by atoms with Crippen LogP contribution in [-0.4, -0.2) is 14.8 Å². The molecule has 0 radical (unpaired) electrons. The van der Waals surface area contributed by atoms with E-state index in [2.05, 4.69) is 10.1 Å². The third kappa shape index (κ3) is 1.89. The molecule has 1 atom stereocenters. The van der Waals surface area contributed by atoms with Gasteiger partial charge < -0.3 is 5.73 Å². The molecule has 0 aliphatic heterocycles. The summed E-state index contributed by atoms with van der Waals surface area (Å²) < 4.78 is 1.76. The molecule has 2 aromatic rings. The van der Waals surface area contributed by atoms with Gasteiger partial charge in [-0.05, 0) is 25.5 Å². The largest absolute Gasteiger partial charge is 0.324 e. The summed E-state index contributed by atoms with van der Waals surface area (Å²) in [7, 11) is 0. The highest BCUT2D eigenvalue weighted by atomic mass is 15.3. The zero-order chi connectivity index (χ0) is 10.8. The maximum Gasteiger partial charge on any atom is 0.158 e. The van der Waals surface area contributed by atoms with Crippen molar-refractivity contribution in [1.82, 2.24) is 14.8 Å². The average Bonchev–Trinajstić information content (AvgIpc) is 2.65. The number of rotatable bonds is 2. The monoisotopic (exact) mass is 202 g/mol. The summed E-state index contributed by atoms with van der Waals surface area (Å²) in [5.74, 6) is 0.806. The van der Waals surface area contributed by atoms with Gasteiger partial charge in [-0.15, -0.1) is 0 Å². The van der Waals surface area contributed by atoms with Crippen molar-refractivity contribution in [3.8, 4) is 5.82 Å². The predicted octanol–water partition coefficient (Wildman–Crippen LogP) is 1.60. The molecule has 4 nitrogen and oxygen atoms in total. The number of aromatic nitrogens is 3. The fourth-order valence-electron chi connectivity index (χ4n) is 1.48. The van der Waals surface area contributed by atoms with Crippen molar-refractivity contribution in [2.45, 2.75) is 19.9 Å². The molecular formula is C11H14N4. The smallest absolute Gasteiger partial charge is 0.158 e. The fourth-order valence-corrected chi connectivity index (χ4v) is 1.48. The fraction of sp³-hybridized carbons (Fsp3) is 0.273. The van der Waals surface area contributed by atoms with Crippen molar-refractivity contribution in [3.05, 3.63) is 41.9 Å². The second-order valence-corrected chi connectivity index (χ2v) is 3.67.